The number of hydrogen-bond donors (Lipinski definition) is 0. The molecule has 0 aliphatic carbocycles. The lowest BCUT2D eigenvalue weighted by atomic mass is 10.0. The molecule has 0 N–H and O–H groups in total. The third-order valence-corrected chi connectivity index (χ3v) is 4.95. The summed E-state index contributed by atoms with van der Waals surface area (Å²) in [5.41, 5.74) is 3.35. The minimum absolute atomic E-state index is 1.03. The van der Waals surface area contributed by atoms with Crippen molar-refractivity contribution in [3.63, 3.8) is 0 Å². The van der Waals surface area contributed by atoms with Crippen molar-refractivity contribution in [2.75, 3.05) is 4.90 Å². The van der Waals surface area contributed by atoms with E-state index in [0.29, 0.717) is 0 Å². The van der Waals surface area contributed by atoms with Gasteiger partial charge >= 0.3 is 0 Å². The molecule has 0 saturated carbocycles. The maximum absolute atomic E-state index is 3.42. The van der Waals surface area contributed by atoms with Crippen LogP contribution in [0.1, 0.15) is 0 Å². The first-order chi connectivity index (χ1) is 13.4. The SMILES string of the molecule is [c]1ccccc1N(c1cccc2ccccc12)c1cccc2ccccc12. The quantitative estimate of drug-likeness (QED) is 0.333. The number of para-hydroxylation sites is 1. The fourth-order valence-electron chi connectivity index (χ4n) is 3.72. The van der Waals surface area contributed by atoms with Crippen LogP contribution in [0, 0.1) is 6.07 Å². The van der Waals surface area contributed by atoms with E-state index in [1.807, 2.05) is 12.1 Å². The van der Waals surface area contributed by atoms with Crippen LogP contribution in [0.3, 0.4) is 0 Å². The van der Waals surface area contributed by atoms with Gasteiger partial charge in [0, 0.05) is 16.8 Å². The molecule has 5 aromatic rings. The normalized spacial score (nSPS) is 11.0. The summed E-state index contributed by atoms with van der Waals surface area (Å²) in [6.45, 7) is 0. The standard InChI is InChI=1S/C26H18N/c1-2-14-22(15-3-1)27(25-18-8-12-20-10-4-6-16-23(20)25)26-19-9-13-21-11-5-7-17-24(21)26/h1-14,16-19H. The lowest BCUT2D eigenvalue weighted by molar-refractivity contribution is 1.31. The number of rotatable bonds is 3. The van der Waals surface area contributed by atoms with Crippen molar-refractivity contribution in [2.24, 2.45) is 0 Å². The zero-order chi connectivity index (χ0) is 18.1. The maximum Gasteiger partial charge on any atom is 0.0541 e. The molecule has 1 radical (unpaired) electrons. The summed E-state index contributed by atoms with van der Waals surface area (Å²) in [4.78, 5) is 2.31. The van der Waals surface area contributed by atoms with Gasteiger partial charge in [-0.2, -0.15) is 0 Å². The van der Waals surface area contributed by atoms with Crippen LogP contribution in [0.5, 0.6) is 0 Å². The van der Waals surface area contributed by atoms with Crippen LogP contribution in [0.25, 0.3) is 21.5 Å². The van der Waals surface area contributed by atoms with Gasteiger partial charge in [-0.05, 0) is 29.0 Å². The lowest BCUT2D eigenvalue weighted by Gasteiger charge is -2.27. The van der Waals surface area contributed by atoms with Crippen molar-refractivity contribution in [2.45, 2.75) is 0 Å². The van der Waals surface area contributed by atoms with E-state index in [2.05, 4.69) is 108 Å². The van der Waals surface area contributed by atoms with E-state index in [9.17, 15) is 0 Å². The lowest BCUT2D eigenvalue weighted by Crippen LogP contribution is -2.11. The van der Waals surface area contributed by atoms with Gasteiger partial charge in [-0.3, -0.25) is 0 Å². The molecule has 127 valence electrons. The Balaban J connectivity index is 1.85. The Labute approximate surface area is 159 Å². The topological polar surface area (TPSA) is 3.24 Å². The highest BCUT2D eigenvalue weighted by Gasteiger charge is 2.16. The molecule has 0 amide bonds. The second kappa shape index (κ2) is 6.62. The predicted octanol–water partition coefficient (Wildman–Crippen LogP) is 7.26. The molecule has 0 spiro atoms. The van der Waals surface area contributed by atoms with Crippen molar-refractivity contribution in [3.05, 3.63) is 115 Å². The number of fused-ring (bicyclic) bond motifs is 2. The molecule has 0 atom stereocenters. The van der Waals surface area contributed by atoms with Gasteiger partial charge in [0.1, 0.15) is 0 Å². The largest absolute Gasteiger partial charge is 0.309 e. The minimum Gasteiger partial charge on any atom is -0.309 e. The fourth-order valence-corrected chi connectivity index (χ4v) is 3.72. The average molecular weight is 344 g/mol. The Morgan fingerprint density at radius 3 is 1.56 bits per heavy atom. The molecule has 0 unspecified atom stereocenters. The van der Waals surface area contributed by atoms with Crippen LogP contribution in [0.15, 0.2) is 109 Å². The van der Waals surface area contributed by atoms with Crippen molar-refractivity contribution in [3.8, 4) is 0 Å². The molecule has 0 fully saturated rings. The third-order valence-electron chi connectivity index (χ3n) is 4.95. The van der Waals surface area contributed by atoms with Gasteiger partial charge in [0.2, 0.25) is 0 Å². The molecule has 5 aromatic carbocycles. The molecule has 0 heterocycles. The van der Waals surface area contributed by atoms with Crippen molar-refractivity contribution in [1.82, 2.24) is 0 Å². The Hall–Kier alpha value is -3.58. The van der Waals surface area contributed by atoms with E-state index in [0.717, 1.165) is 17.1 Å². The number of hydrogen-bond acceptors (Lipinski definition) is 1. The second-order valence-electron chi connectivity index (χ2n) is 6.58. The first-order valence-electron chi connectivity index (χ1n) is 9.14. The van der Waals surface area contributed by atoms with Crippen LogP contribution >= 0.6 is 0 Å². The summed E-state index contributed by atoms with van der Waals surface area (Å²) < 4.78 is 0. The summed E-state index contributed by atoms with van der Waals surface area (Å²) in [6.07, 6.45) is 0. The highest BCUT2D eigenvalue weighted by Crippen LogP contribution is 2.41. The van der Waals surface area contributed by atoms with Crippen molar-refractivity contribution >= 4 is 38.6 Å². The van der Waals surface area contributed by atoms with Gasteiger partial charge in [0.05, 0.1) is 17.1 Å². The molecule has 0 aromatic heterocycles. The zero-order valence-electron chi connectivity index (χ0n) is 14.8. The Kier molecular flexibility index (Phi) is 3.84. The molecular formula is C26H18N. The molecule has 1 heteroatoms. The monoisotopic (exact) mass is 344 g/mol. The van der Waals surface area contributed by atoms with Gasteiger partial charge in [-0.1, -0.05) is 91.0 Å². The van der Waals surface area contributed by atoms with Crippen LogP contribution < -0.4 is 4.90 Å². The predicted molar refractivity (Wildman–Crippen MR) is 115 cm³/mol. The molecular weight excluding hydrogens is 326 g/mol. The van der Waals surface area contributed by atoms with E-state index in [1.54, 1.807) is 0 Å². The fraction of sp³-hybridized carbons (Fsp3) is 0. The van der Waals surface area contributed by atoms with E-state index < -0.39 is 0 Å². The summed E-state index contributed by atoms with van der Waals surface area (Å²) in [6, 6.07) is 41.6. The molecule has 5 rings (SSSR count). The van der Waals surface area contributed by atoms with Crippen LogP contribution in [-0.4, -0.2) is 0 Å². The highest BCUT2D eigenvalue weighted by atomic mass is 15.1. The van der Waals surface area contributed by atoms with Gasteiger partial charge in [-0.15, -0.1) is 0 Å². The average Bonchev–Trinajstić information content (AvgIpc) is 2.75. The highest BCUT2D eigenvalue weighted by molar-refractivity contribution is 6.04. The van der Waals surface area contributed by atoms with Crippen LogP contribution in [0.4, 0.5) is 17.1 Å². The van der Waals surface area contributed by atoms with Gasteiger partial charge in [0.15, 0.2) is 0 Å². The Bertz CT molecular complexity index is 1130. The summed E-state index contributed by atoms with van der Waals surface area (Å²) in [5, 5.41) is 4.92. The van der Waals surface area contributed by atoms with E-state index in [1.165, 1.54) is 21.5 Å². The number of benzene rings is 5. The van der Waals surface area contributed by atoms with Crippen LogP contribution in [-0.2, 0) is 0 Å². The maximum atomic E-state index is 3.42. The molecule has 1 nitrogen and oxygen atoms in total. The van der Waals surface area contributed by atoms with Gasteiger partial charge in [0.25, 0.3) is 0 Å². The molecule has 0 saturated heterocycles. The minimum atomic E-state index is 1.03. The first-order valence-corrected chi connectivity index (χ1v) is 9.14. The van der Waals surface area contributed by atoms with Gasteiger partial charge < -0.3 is 4.90 Å². The number of anilines is 3. The van der Waals surface area contributed by atoms with Crippen molar-refractivity contribution in [1.29, 1.82) is 0 Å². The molecule has 27 heavy (non-hydrogen) atoms. The molecule has 0 aliphatic rings. The second-order valence-corrected chi connectivity index (χ2v) is 6.58. The van der Waals surface area contributed by atoms with Crippen LogP contribution in [0.2, 0.25) is 0 Å². The van der Waals surface area contributed by atoms with E-state index >= 15 is 0 Å². The van der Waals surface area contributed by atoms with Gasteiger partial charge in [-0.25, -0.2) is 0 Å². The molecule has 0 aliphatic heterocycles. The summed E-state index contributed by atoms with van der Waals surface area (Å²) in [5.74, 6) is 0. The number of nitrogens with zero attached hydrogens (tertiary/aromatic N) is 1. The van der Waals surface area contributed by atoms with E-state index in [4.69, 9.17) is 0 Å². The zero-order valence-corrected chi connectivity index (χ0v) is 14.8. The van der Waals surface area contributed by atoms with E-state index in [-0.39, 0.29) is 0 Å². The summed E-state index contributed by atoms with van der Waals surface area (Å²) in [7, 11) is 0. The molecule has 0 bridgehead atoms. The van der Waals surface area contributed by atoms with Crippen molar-refractivity contribution < 1.29 is 0 Å². The smallest absolute Gasteiger partial charge is 0.0541 e. The Morgan fingerprint density at radius 1 is 0.481 bits per heavy atom. The summed E-state index contributed by atoms with van der Waals surface area (Å²) >= 11 is 0. The first kappa shape index (κ1) is 15.7. The third kappa shape index (κ3) is 2.74. The Morgan fingerprint density at radius 2 is 1.00 bits per heavy atom.